The maximum absolute atomic E-state index is 14.6. The van der Waals surface area contributed by atoms with Crippen LogP contribution in [0.4, 0.5) is 8.78 Å². The molecular weight excluding hydrogens is 456 g/mol. The fourth-order valence-corrected chi connectivity index (χ4v) is 4.45. The van der Waals surface area contributed by atoms with Crippen molar-refractivity contribution in [2.45, 2.75) is 31.0 Å². The number of fused-ring (bicyclic) bond motifs is 1. The smallest absolute Gasteiger partial charge is 0.266 e. The van der Waals surface area contributed by atoms with Crippen LogP contribution in [0.5, 0.6) is 0 Å². The Morgan fingerprint density at radius 2 is 1.79 bits per heavy atom. The molecule has 0 saturated carbocycles. The number of nitrogens with zero attached hydrogens (tertiary/aromatic N) is 2. The topological polar surface area (TPSA) is 64.0 Å². The van der Waals surface area contributed by atoms with Gasteiger partial charge >= 0.3 is 0 Å². The van der Waals surface area contributed by atoms with Gasteiger partial charge in [-0.05, 0) is 49.6 Å². The predicted molar refractivity (Wildman–Crippen MR) is 130 cm³/mol. The zero-order chi connectivity index (χ0) is 24.1. The number of thioether (sulfide) groups is 1. The first-order chi connectivity index (χ1) is 16.4. The summed E-state index contributed by atoms with van der Waals surface area (Å²) in [6, 6.07) is 19.7. The van der Waals surface area contributed by atoms with Gasteiger partial charge in [-0.1, -0.05) is 54.2 Å². The molecule has 174 valence electrons. The van der Waals surface area contributed by atoms with Crippen LogP contribution in [0.3, 0.4) is 0 Å². The Bertz CT molecular complexity index is 1380. The third-order valence-electron chi connectivity index (χ3n) is 5.34. The third kappa shape index (κ3) is 5.51. The van der Waals surface area contributed by atoms with Gasteiger partial charge in [-0.2, -0.15) is 0 Å². The molecule has 0 unspecified atom stereocenters. The van der Waals surface area contributed by atoms with Crippen LogP contribution in [0.15, 0.2) is 82.7 Å². The molecule has 0 saturated heterocycles. The summed E-state index contributed by atoms with van der Waals surface area (Å²) < 4.78 is 29.1. The molecule has 0 radical (unpaired) electrons. The number of hydrogen-bond acceptors (Lipinski definition) is 4. The average Bonchev–Trinajstić information content (AvgIpc) is 2.83. The Labute approximate surface area is 199 Å². The second kappa shape index (κ2) is 10.6. The van der Waals surface area contributed by atoms with Crippen molar-refractivity contribution in [3.63, 3.8) is 0 Å². The molecule has 4 rings (SSSR count). The zero-order valence-corrected chi connectivity index (χ0v) is 19.3. The quantitative estimate of drug-likeness (QED) is 0.289. The molecule has 34 heavy (non-hydrogen) atoms. The van der Waals surface area contributed by atoms with E-state index in [-0.39, 0.29) is 28.5 Å². The molecule has 0 aliphatic rings. The molecule has 1 N–H and O–H groups in total. The highest BCUT2D eigenvalue weighted by Crippen LogP contribution is 2.23. The molecule has 0 aliphatic heterocycles. The molecule has 1 atom stereocenters. The Hall–Kier alpha value is -3.52. The molecule has 3 aromatic carbocycles. The Morgan fingerprint density at radius 1 is 1.06 bits per heavy atom. The number of benzene rings is 3. The Kier molecular flexibility index (Phi) is 7.37. The van der Waals surface area contributed by atoms with E-state index in [0.29, 0.717) is 17.0 Å². The van der Waals surface area contributed by atoms with Gasteiger partial charge in [-0.25, -0.2) is 13.8 Å². The van der Waals surface area contributed by atoms with Crippen LogP contribution in [-0.2, 0) is 11.2 Å². The van der Waals surface area contributed by atoms with Gasteiger partial charge in [0.1, 0.15) is 11.6 Å². The lowest BCUT2D eigenvalue weighted by molar-refractivity contribution is -0.119. The minimum absolute atomic E-state index is 0.0106. The number of rotatable bonds is 8. The van der Waals surface area contributed by atoms with Crippen LogP contribution >= 0.6 is 11.8 Å². The summed E-state index contributed by atoms with van der Waals surface area (Å²) in [7, 11) is 0. The van der Waals surface area contributed by atoms with Crippen LogP contribution in [-0.4, -0.2) is 27.3 Å². The number of carbonyl (C=O) groups is 1. The van der Waals surface area contributed by atoms with Crippen LogP contribution in [0, 0.1) is 11.6 Å². The number of carbonyl (C=O) groups excluding carboxylic acids is 1. The van der Waals surface area contributed by atoms with Crippen molar-refractivity contribution in [1.29, 1.82) is 0 Å². The van der Waals surface area contributed by atoms with Crippen LogP contribution in [0.25, 0.3) is 16.6 Å². The van der Waals surface area contributed by atoms with Crippen molar-refractivity contribution in [3.8, 4) is 5.69 Å². The van der Waals surface area contributed by atoms with Gasteiger partial charge in [0.05, 0.1) is 22.3 Å². The normalized spacial score (nSPS) is 12.0. The van der Waals surface area contributed by atoms with Crippen LogP contribution in [0.2, 0.25) is 0 Å². The van der Waals surface area contributed by atoms with Gasteiger partial charge in [0, 0.05) is 12.1 Å². The van der Waals surface area contributed by atoms with Gasteiger partial charge in [0.15, 0.2) is 5.16 Å². The fraction of sp³-hybridized carbons (Fsp3) is 0.192. The summed E-state index contributed by atoms with van der Waals surface area (Å²) in [5.74, 6) is -1.87. The number of halogens is 2. The van der Waals surface area contributed by atoms with Gasteiger partial charge in [0.2, 0.25) is 5.91 Å². The summed E-state index contributed by atoms with van der Waals surface area (Å²) in [5, 5.41) is 3.41. The van der Waals surface area contributed by atoms with E-state index < -0.39 is 17.2 Å². The van der Waals surface area contributed by atoms with Gasteiger partial charge < -0.3 is 5.32 Å². The third-order valence-corrected chi connectivity index (χ3v) is 6.28. The molecule has 4 aromatic rings. The van der Waals surface area contributed by atoms with Crippen molar-refractivity contribution >= 4 is 28.6 Å². The molecular formula is C26H23F2N3O2S. The number of aromatic nitrogens is 2. The van der Waals surface area contributed by atoms with E-state index in [9.17, 15) is 18.4 Å². The minimum Gasteiger partial charge on any atom is -0.353 e. The summed E-state index contributed by atoms with van der Waals surface area (Å²) >= 11 is 1.03. The van der Waals surface area contributed by atoms with E-state index in [1.54, 1.807) is 24.3 Å². The van der Waals surface area contributed by atoms with Gasteiger partial charge in [0.25, 0.3) is 5.56 Å². The van der Waals surface area contributed by atoms with E-state index in [1.165, 1.54) is 11.6 Å². The summed E-state index contributed by atoms with van der Waals surface area (Å²) in [6.45, 7) is 1.93. The maximum Gasteiger partial charge on any atom is 0.266 e. The highest BCUT2D eigenvalue weighted by molar-refractivity contribution is 7.99. The maximum atomic E-state index is 14.6. The van der Waals surface area contributed by atoms with Gasteiger partial charge in [-0.3, -0.25) is 14.2 Å². The number of nitrogens with one attached hydrogen (secondary N) is 1. The molecule has 0 spiro atoms. The number of hydrogen-bond donors (Lipinski definition) is 1. The SMILES string of the molecule is C[C@H](CCc1ccccc1)NC(=O)CSc1nc2ccccc2c(=O)n1-c1ccc(F)cc1F. The van der Waals surface area contributed by atoms with E-state index in [2.05, 4.69) is 10.3 Å². The van der Waals surface area contributed by atoms with E-state index >= 15 is 0 Å². The Morgan fingerprint density at radius 3 is 2.56 bits per heavy atom. The molecule has 1 heterocycles. The highest BCUT2D eigenvalue weighted by Gasteiger charge is 2.18. The van der Waals surface area contributed by atoms with E-state index in [0.717, 1.165) is 35.2 Å². The number of amides is 1. The lowest BCUT2D eigenvalue weighted by Crippen LogP contribution is -2.34. The second-order valence-electron chi connectivity index (χ2n) is 7.93. The average molecular weight is 480 g/mol. The largest absolute Gasteiger partial charge is 0.353 e. The lowest BCUT2D eigenvalue weighted by Gasteiger charge is -2.16. The minimum atomic E-state index is -0.889. The molecule has 0 fully saturated rings. The zero-order valence-electron chi connectivity index (χ0n) is 18.5. The number of aryl methyl sites for hydroxylation is 1. The Balaban J connectivity index is 1.53. The van der Waals surface area contributed by atoms with E-state index in [4.69, 9.17) is 0 Å². The second-order valence-corrected chi connectivity index (χ2v) is 8.87. The molecule has 5 nitrogen and oxygen atoms in total. The molecule has 0 bridgehead atoms. The standard InChI is InChI=1S/C26H23F2N3O2S/c1-17(11-12-18-7-3-2-4-8-18)29-24(32)16-34-26-30-22-10-6-5-9-20(22)25(33)31(26)23-14-13-19(27)15-21(23)28/h2-10,13-15,17H,11-12,16H2,1H3,(H,29,32)/t17-/m1/s1. The summed E-state index contributed by atoms with van der Waals surface area (Å²) in [6.07, 6.45) is 1.62. The van der Waals surface area contributed by atoms with Crippen LogP contribution in [0.1, 0.15) is 18.9 Å². The number of para-hydroxylation sites is 1. The molecule has 8 heteroatoms. The van der Waals surface area contributed by atoms with Gasteiger partial charge in [-0.15, -0.1) is 0 Å². The molecule has 1 amide bonds. The molecule has 1 aromatic heterocycles. The summed E-state index contributed by atoms with van der Waals surface area (Å²) in [5.41, 5.74) is 1.02. The fourth-order valence-electron chi connectivity index (χ4n) is 3.63. The van der Waals surface area contributed by atoms with Crippen molar-refractivity contribution in [3.05, 3.63) is 100 Å². The summed E-state index contributed by atoms with van der Waals surface area (Å²) in [4.78, 5) is 30.2. The first-order valence-electron chi connectivity index (χ1n) is 10.9. The highest BCUT2D eigenvalue weighted by atomic mass is 32.2. The first kappa shape index (κ1) is 23.6. The lowest BCUT2D eigenvalue weighted by atomic mass is 10.1. The van der Waals surface area contributed by atoms with Crippen LogP contribution < -0.4 is 10.9 Å². The van der Waals surface area contributed by atoms with Crippen molar-refractivity contribution in [1.82, 2.24) is 14.9 Å². The van der Waals surface area contributed by atoms with Crippen molar-refractivity contribution < 1.29 is 13.6 Å². The van der Waals surface area contributed by atoms with E-state index in [1.807, 2.05) is 37.3 Å². The van der Waals surface area contributed by atoms with Crippen molar-refractivity contribution in [2.24, 2.45) is 0 Å². The first-order valence-corrected chi connectivity index (χ1v) is 11.8. The molecule has 0 aliphatic carbocycles. The predicted octanol–water partition coefficient (Wildman–Crippen LogP) is 4.89. The van der Waals surface area contributed by atoms with Crippen molar-refractivity contribution in [2.75, 3.05) is 5.75 Å². The monoisotopic (exact) mass is 479 g/mol.